The van der Waals surface area contributed by atoms with Crippen LogP contribution in [0.1, 0.15) is 40.0 Å². The van der Waals surface area contributed by atoms with Crippen LogP contribution >= 0.6 is 0 Å². The summed E-state index contributed by atoms with van der Waals surface area (Å²) < 4.78 is 37.1. The van der Waals surface area contributed by atoms with Crippen LogP contribution in [0.3, 0.4) is 0 Å². The largest absolute Gasteiger partial charge is 0.390 e. The quantitative estimate of drug-likeness (QED) is 0.813. The second-order valence-corrected chi connectivity index (χ2v) is 5.25. The molecular formula is C12H23F3N2. The van der Waals surface area contributed by atoms with Crippen molar-refractivity contribution in [1.82, 2.24) is 10.2 Å². The number of hydrogen-bond donors (Lipinski definition) is 1. The highest BCUT2D eigenvalue weighted by molar-refractivity contribution is 4.78. The molecule has 3 unspecified atom stereocenters. The normalized spacial score (nSPS) is 30.7. The van der Waals surface area contributed by atoms with Crippen LogP contribution < -0.4 is 5.32 Å². The van der Waals surface area contributed by atoms with Gasteiger partial charge in [0.1, 0.15) is 0 Å². The van der Waals surface area contributed by atoms with Gasteiger partial charge in [0.05, 0.1) is 6.42 Å². The topological polar surface area (TPSA) is 15.3 Å². The molecule has 0 aliphatic carbocycles. The van der Waals surface area contributed by atoms with Crippen molar-refractivity contribution in [2.45, 2.75) is 64.3 Å². The maximum absolute atomic E-state index is 12.4. The highest BCUT2D eigenvalue weighted by Gasteiger charge is 2.32. The Hall–Kier alpha value is -0.290. The summed E-state index contributed by atoms with van der Waals surface area (Å²) in [5.41, 5.74) is 0. The van der Waals surface area contributed by atoms with Gasteiger partial charge in [-0.3, -0.25) is 0 Å². The molecule has 0 spiro atoms. The second kappa shape index (κ2) is 6.05. The van der Waals surface area contributed by atoms with Crippen molar-refractivity contribution in [3.05, 3.63) is 0 Å². The number of rotatable bonds is 2. The second-order valence-electron chi connectivity index (χ2n) is 5.25. The van der Waals surface area contributed by atoms with Crippen LogP contribution in [0, 0.1) is 0 Å². The van der Waals surface area contributed by atoms with E-state index in [-0.39, 0.29) is 0 Å². The van der Waals surface area contributed by atoms with Gasteiger partial charge in [-0.2, -0.15) is 13.2 Å². The maximum atomic E-state index is 12.4. The molecule has 3 atom stereocenters. The average Bonchev–Trinajstić information content (AvgIpc) is 2.11. The van der Waals surface area contributed by atoms with Crippen LogP contribution in [-0.4, -0.2) is 42.3 Å². The van der Waals surface area contributed by atoms with Crippen LogP contribution in [0.25, 0.3) is 0 Å². The van der Waals surface area contributed by atoms with E-state index >= 15 is 0 Å². The zero-order valence-electron chi connectivity index (χ0n) is 10.8. The van der Waals surface area contributed by atoms with Gasteiger partial charge in [0, 0.05) is 18.1 Å². The molecule has 102 valence electrons. The van der Waals surface area contributed by atoms with E-state index in [2.05, 4.69) is 19.2 Å². The van der Waals surface area contributed by atoms with Gasteiger partial charge >= 0.3 is 6.18 Å². The monoisotopic (exact) mass is 252 g/mol. The van der Waals surface area contributed by atoms with Crippen molar-refractivity contribution >= 4 is 0 Å². The molecule has 0 aromatic heterocycles. The first kappa shape index (κ1) is 14.8. The Morgan fingerprint density at radius 3 is 2.06 bits per heavy atom. The Balaban J connectivity index is 2.50. The van der Waals surface area contributed by atoms with Gasteiger partial charge in [0.15, 0.2) is 0 Å². The molecule has 0 saturated carbocycles. The fourth-order valence-corrected chi connectivity index (χ4v) is 2.39. The van der Waals surface area contributed by atoms with Crippen LogP contribution in [0.4, 0.5) is 13.2 Å². The van der Waals surface area contributed by atoms with Crippen LogP contribution in [-0.2, 0) is 0 Å². The van der Waals surface area contributed by atoms with Gasteiger partial charge in [0.25, 0.3) is 0 Å². The molecule has 1 aliphatic heterocycles. The Kier molecular flexibility index (Phi) is 5.25. The lowest BCUT2D eigenvalue weighted by molar-refractivity contribution is -0.146. The van der Waals surface area contributed by atoms with E-state index in [4.69, 9.17) is 0 Å². The molecule has 1 N–H and O–H groups in total. The van der Waals surface area contributed by atoms with E-state index < -0.39 is 18.6 Å². The summed E-state index contributed by atoms with van der Waals surface area (Å²) in [4.78, 5) is 1.97. The third-order valence-corrected chi connectivity index (χ3v) is 3.42. The van der Waals surface area contributed by atoms with Crippen molar-refractivity contribution in [1.29, 1.82) is 0 Å². The Morgan fingerprint density at radius 2 is 1.65 bits per heavy atom. The maximum Gasteiger partial charge on any atom is 0.390 e. The molecule has 0 amide bonds. The molecule has 0 aromatic rings. The van der Waals surface area contributed by atoms with Crippen molar-refractivity contribution < 1.29 is 13.2 Å². The average molecular weight is 252 g/mol. The van der Waals surface area contributed by atoms with Gasteiger partial charge in [-0.25, -0.2) is 0 Å². The molecule has 1 fully saturated rings. The zero-order valence-corrected chi connectivity index (χ0v) is 10.8. The van der Waals surface area contributed by atoms with E-state index in [1.165, 1.54) is 0 Å². The lowest BCUT2D eigenvalue weighted by atomic mass is 10.1. The summed E-state index contributed by atoms with van der Waals surface area (Å²) >= 11 is 0. The Bertz CT molecular complexity index is 218. The number of nitrogens with one attached hydrogen (secondary N) is 1. The SMILES string of the molecule is CC1CCN(C(C)CC(F)(F)F)CCC(C)N1. The molecule has 1 aliphatic rings. The van der Waals surface area contributed by atoms with E-state index in [0.717, 1.165) is 25.9 Å². The zero-order chi connectivity index (χ0) is 13.1. The number of halogens is 3. The summed E-state index contributed by atoms with van der Waals surface area (Å²) in [5.74, 6) is 0. The van der Waals surface area contributed by atoms with Crippen molar-refractivity contribution in [2.75, 3.05) is 13.1 Å². The van der Waals surface area contributed by atoms with Gasteiger partial charge in [0.2, 0.25) is 0 Å². The number of alkyl halides is 3. The standard InChI is InChI=1S/C12H23F3N2/c1-9-4-6-17(7-5-10(2)16-9)11(3)8-12(13,14)15/h9-11,16H,4-8H2,1-3H3. The predicted molar refractivity (Wildman–Crippen MR) is 63.0 cm³/mol. The van der Waals surface area contributed by atoms with E-state index in [9.17, 15) is 13.2 Å². The lowest BCUT2D eigenvalue weighted by Crippen LogP contribution is -2.46. The minimum atomic E-state index is -4.06. The van der Waals surface area contributed by atoms with Gasteiger partial charge in [-0.15, -0.1) is 0 Å². The van der Waals surface area contributed by atoms with Gasteiger partial charge in [-0.05, 0) is 46.7 Å². The van der Waals surface area contributed by atoms with E-state index in [1.807, 2.05) is 4.90 Å². The van der Waals surface area contributed by atoms with Crippen LogP contribution in [0.2, 0.25) is 0 Å². The third-order valence-electron chi connectivity index (χ3n) is 3.42. The summed E-state index contributed by atoms with van der Waals surface area (Å²) in [6.45, 7) is 7.36. The minimum Gasteiger partial charge on any atom is -0.312 e. The first-order chi connectivity index (χ1) is 7.78. The van der Waals surface area contributed by atoms with Crippen LogP contribution in [0.15, 0.2) is 0 Å². The third kappa shape index (κ3) is 5.73. The van der Waals surface area contributed by atoms with Crippen LogP contribution in [0.5, 0.6) is 0 Å². The smallest absolute Gasteiger partial charge is 0.312 e. The summed E-state index contributed by atoms with van der Waals surface area (Å²) in [6, 6.07) is 0.351. The van der Waals surface area contributed by atoms with Crippen molar-refractivity contribution in [3.63, 3.8) is 0 Å². The number of hydrogen-bond acceptors (Lipinski definition) is 2. The summed E-state index contributed by atoms with van der Waals surface area (Å²) in [5, 5.41) is 3.44. The predicted octanol–water partition coefficient (Wildman–Crippen LogP) is 2.79. The molecule has 5 heteroatoms. The highest BCUT2D eigenvalue weighted by Crippen LogP contribution is 2.24. The van der Waals surface area contributed by atoms with Gasteiger partial charge in [-0.1, -0.05) is 0 Å². The summed E-state index contributed by atoms with van der Waals surface area (Å²) in [7, 11) is 0. The van der Waals surface area contributed by atoms with E-state index in [0.29, 0.717) is 12.1 Å². The van der Waals surface area contributed by atoms with Crippen molar-refractivity contribution in [2.24, 2.45) is 0 Å². The summed E-state index contributed by atoms with van der Waals surface area (Å²) in [6.07, 6.45) is -2.94. The lowest BCUT2D eigenvalue weighted by Gasteiger charge is -2.35. The Morgan fingerprint density at radius 1 is 1.18 bits per heavy atom. The first-order valence-corrected chi connectivity index (χ1v) is 6.35. The Labute approximate surface area is 102 Å². The molecule has 0 bridgehead atoms. The fraction of sp³-hybridized carbons (Fsp3) is 1.00. The minimum absolute atomic E-state index is 0.380. The van der Waals surface area contributed by atoms with Crippen molar-refractivity contribution in [3.8, 4) is 0 Å². The molecule has 1 saturated heterocycles. The molecular weight excluding hydrogens is 229 g/mol. The number of nitrogens with zero attached hydrogens (tertiary/aromatic N) is 1. The molecule has 1 heterocycles. The molecule has 0 radical (unpaired) electrons. The first-order valence-electron chi connectivity index (χ1n) is 6.35. The molecule has 1 rings (SSSR count). The molecule has 2 nitrogen and oxygen atoms in total. The van der Waals surface area contributed by atoms with E-state index in [1.54, 1.807) is 6.92 Å². The highest BCUT2D eigenvalue weighted by atomic mass is 19.4. The fourth-order valence-electron chi connectivity index (χ4n) is 2.39. The molecule has 0 aromatic carbocycles. The van der Waals surface area contributed by atoms with Gasteiger partial charge < -0.3 is 10.2 Å². The molecule has 17 heavy (non-hydrogen) atoms.